The van der Waals surface area contributed by atoms with Gasteiger partial charge in [-0.1, -0.05) is 13.3 Å². The molecule has 0 atom stereocenters. The summed E-state index contributed by atoms with van der Waals surface area (Å²) in [5.41, 5.74) is 0. The van der Waals surface area contributed by atoms with Crippen LogP contribution in [0.15, 0.2) is 0 Å². The highest BCUT2D eigenvalue weighted by atomic mass is 31.2. The van der Waals surface area contributed by atoms with Gasteiger partial charge >= 0.3 is 0 Å². The van der Waals surface area contributed by atoms with E-state index in [4.69, 9.17) is 0 Å². The Morgan fingerprint density at radius 1 is 1.30 bits per heavy atom. The monoisotopic (exact) mass is 172 g/mol. The second kappa shape index (κ2) is 12.0. The maximum atomic E-state index is 9.69. The molecular formula is C4H17N2O3P. The fourth-order valence-corrected chi connectivity index (χ4v) is 0.562. The normalized spacial score (nSPS) is 8.40. The van der Waals surface area contributed by atoms with Crippen LogP contribution in [0.1, 0.15) is 19.8 Å². The van der Waals surface area contributed by atoms with Crippen molar-refractivity contribution < 1.29 is 14.3 Å². The van der Waals surface area contributed by atoms with Gasteiger partial charge in [0.15, 0.2) is 0 Å². The molecular weight excluding hydrogens is 155 g/mol. The van der Waals surface area contributed by atoms with Crippen LogP contribution >= 0.6 is 8.60 Å². The van der Waals surface area contributed by atoms with E-state index in [1.807, 2.05) is 6.92 Å². The second-order valence-corrected chi connectivity index (χ2v) is 2.12. The van der Waals surface area contributed by atoms with Gasteiger partial charge in [-0.3, -0.25) is 0 Å². The molecule has 0 amide bonds. The number of hydrogen-bond donors (Lipinski definition) is 2. The van der Waals surface area contributed by atoms with E-state index < -0.39 is 8.60 Å². The average molecular weight is 172 g/mol. The molecule has 66 valence electrons. The number of quaternary nitrogens is 2. The average Bonchev–Trinajstić information content (AvgIpc) is 1.66. The molecule has 0 saturated heterocycles. The quantitative estimate of drug-likeness (QED) is 0.473. The topological polar surface area (TPSA) is 128 Å². The van der Waals surface area contributed by atoms with Crippen LogP contribution in [0.2, 0.25) is 0 Å². The first kappa shape index (κ1) is 16.7. The van der Waals surface area contributed by atoms with Gasteiger partial charge in [0.2, 0.25) is 0 Å². The van der Waals surface area contributed by atoms with Crippen molar-refractivity contribution >= 4 is 8.60 Å². The lowest BCUT2D eigenvalue weighted by atomic mass is 10.4. The molecule has 0 spiro atoms. The summed E-state index contributed by atoms with van der Waals surface area (Å²) in [5, 5.41) is 0. The van der Waals surface area contributed by atoms with Crippen molar-refractivity contribution in [2.45, 2.75) is 19.8 Å². The van der Waals surface area contributed by atoms with Crippen molar-refractivity contribution in [1.82, 2.24) is 12.3 Å². The molecule has 0 unspecified atom stereocenters. The molecule has 0 aromatic rings. The lowest BCUT2D eigenvalue weighted by molar-refractivity contribution is -0.318. The van der Waals surface area contributed by atoms with Gasteiger partial charge in [0.25, 0.3) is 0 Å². The van der Waals surface area contributed by atoms with E-state index in [2.05, 4.69) is 4.52 Å². The first-order valence-electron chi connectivity index (χ1n) is 2.54. The molecule has 10 heavy (non-hydrogen) atoms. The molecule has 0 aliphatic rings. The summed E-state index contributed by atoms with van der Waals surface area (Å²) in [5.74, 6) is 0. The van der Waals surface area contributed by atoms with E-state index in [0.717, 1.165) is 12.8 Å². The Morgan fingerprint density at radius 2 is 1.80 bits per heavy atom. The lowest BCUT2D eigenvalue weighted by Crippen LogP contribution is -2.10. The van der Waals surface area contributed by atoms with Crippen molar-refractivity contribution in [3.05, 3.63) is 0 Å². The Morgan fingerprint density at radius 3 is 2.10 bits per heavy atom. The van der Waals surface area contributed by atoms with E-state index in [1.165, 1.54) is 0 Å². The summed E-state index contributed by atoms with van der Waals surface area (Å²) in [6.45, 7) is 2.30. The predicted molar refractivity (Wildman–Crippen MR) is 39.7 cm³/mol. The Kier molecular flexibility index (Phi) is 19.9. The molecule has 0 bridgehead atoms. The van der Waals surface area contributed by atoms with Crippen molar-refractivity contribution in [2.24, 2.45) is 0 Å². The van der Waals surface area contributed by atoms with E-state index in [-0.39, 0.29) is 12.3 Å². The van der Waals surface area contributed by atoms with Crippen molar-refractivity contribution in [2.75, 3.05) is 6.61 Å². The SMILES string of the molecule is CCCCOP([O-])[O-].[NH4+].[NH4+]. The summed E-state index contributed by atoms with van der Waals surface area (Å²) < 4.78 is 4.24. The predicted octanol–water partition coefficient (Wildman–Crippen LogP) is 0.503. The molecule has 0 heterocycles. The number of unbranched alkanes of at least 4 members (excludes halogenated alkanes) is 1. The maximum Gasteiger partial charge on any atom is 0.0476 e. The minimum Gasteiger partial charge on any atom is -0.820 e. The van der Waals surface area contributed by atoms with Gasteiger partial charge < -0.3 is 26.6 Å². The Balaban J connectivity index is -0.000000245. The Labute approximate surface area is 62.6 Å². The van der Waals surface area contributed by atoms with Crippen LogP contribution in [0.4, 0.5) is 0 Å². The third kappa shape index (κ3) is 15.7. The first-order valence-corrected chi connectivity index (χ1v) is 3.64. The van der Waals surface area contributed by atoms with Crippen LogP contribution in [0.3, 0.4) is 0 Å². The molecule has 0 rings (SSSR count). The molecule has 6 heteroatoms. The van der Waals surface area contributed by atoms with E-state index >= 15 is 0 Å². The molecule has 5 nitrogen and oxygen atoms in total. The molecule has 0 aliphatic heterocycles. The van der Waals surface area contributed by atoms with Gasteiger partial charge in [0.1, 0.15) is 0 Å². The second-order valence-electron chi connectivity index (χ2n) is 1.41. The van der Waals surface area contributed by atoms with E-state index in [0.29, 0.717) is 6.61 Å². The van der Waals surface area contributed by atoms with Gasteiger partial charge in [-0.2, -0.15) is 8.60 Å². The standard InChI is InChI=1S/C4H9O3P.2H3N/c1-2-3-4-7-8(5)6;;/h2-4H2,1H3;2*1H3/q-2;;/p+2. The van der Waals surface area contributed by atoms with Crippen LogP contribution < -0.4 is 22.1 Å². The van der Waals surface area contributed by atoms with E-state index in [1.54, 1.807) is 0 Å². The Bertz CT molecular complexity index is 55.8. The van der Waals surface area contributed by atoms with Crippen LogP contribution in [0.25, 0.3) is 0 Å². The van der Waals surface area contributed by atoms with Crippen LogP contribution in [-0.4, -0.2) is 6.61 Å². The van der Waals surface area contributed by atoms with Gasteiger partial charge in [-0.15, -0.1) is 0 Å². The lowest BCUT2D eigenvalue weighted by Gasteiger charge is -2.28. The highest BCUT2D eigenvalue weighted by molar-refractivity contribution is 7.36. The molecule has 0 radical (unpaired) electrons. The molecule has 0 aliphatic carbocycles. The highest BCUT2D eigenvalue weighted by Crippen LogP contribution is 2.12. The van der Waals surface area contributed by atoms with Gasteiger partial charge in [0.05, 0.1) is 0 Å². The fourth-order valence-electron chi connectivity index (χ4n) is 0.283. The largest absolute Gasteiger partial charge is 0.820 e. The van der Waals surface area contributed by atoms with Gasteiger partial charge in [-0.05, 0) is 6.42 Å². The molecule has 8 N–H and O–H groups in total. The third-order valence-corrected chi connectivity index (χ3v) is 1.09. The van der Waals surface area contributed by atoms with Gasteiger partial charge in [0, 0.05) is 6.61 Å². The van der Waals surface area contributed by atoms with Crippen molar-refractivity contribution in [1.29, 1.82) is 0 Å². The van der Waals surface area contributed by atoms with Gasteiger partial charge in [-0.25, -0.2) is 0 Å². The van der Waals surface area contributed by atoms with Crippen LogP contribution in [0.5, 0.6) is 0 Å². The third-order valence-electron chi connectivity index (χ3n) is 0.695. The summed E-state index contributed by atoms with van der Waals surface area (Å²) in [7, 11) is -2.61. The fraction of sp³-hybridized carbons (Fsp3) is 1.00. The van der Waals surface area contributed by atoms with E-state index in [9.17, 15) is 9.79 Å². The van der Waals surface area contributed by atoms with Crippen molar-refractivity contribution in [3.8, 4) is 0 Å². The summed E-state index contributed by atoms with van der Waals surface area (Å²) in [6, 6.07) is 0. The molecule has 0 aromatic heterocycles. The van der Waals surface area contributed by atoms with Crippen LogP contribution in [-0.2, 0) is 4.52 Å². The van der Waals surface area contributed by atoms with Crippen molar-refractivity contribution in [3.63, 3.8) is 0 Å². The minimum absolute atomic E-state index is 0. The summed E-state index contributed by atoms with van der Waals surface area (Å²) in [6.07, 6.45) is 1.77. The maximum absolute atomic E-state index is 9.69. The minimum atomic E-state index is -2.61. The summed E-state index contributed by atoms with van der Waals surface area (Å²) in [4.78, 5) is 19.4. The first-order chi connectivity index (χ1) is 3.77. The summed E-state index contributed by atoms with van der Waals surface area (Å²) >= 11 is 0. The number of hydrogen-bond acceptors (Lipinski definition) is 3. The zero-order valence-electron chi connectivity index (χ0n) is 6.79. The Hall–Kier alpha value is 0.230. The zero-order valence-corrected chi connectivity index (χ0v) is 7.69. The smallest absolute Gasteiger partial charge is 0.0476 e. The molecule has 0 fully saturated rings. The number of rotatable bonds is 4. The molecule has 0 aromatic carbocycles. The molecule has 0 saturated carbocycles. The zero-order chi connectivity index (χ0) is 6.41. The van der Waals surface area contributed by atoms with Crippen LogP contribution in [0, 0.1) is 0 Å². The highest BCUT2D eigenvalue weighted by Gasteiger charge is 1.78.